The predicted molar refractivity (Wildman–Crippen MR) is 62.0 cm³/mol. The molecule has 1 aromatic carbocycles. The summed E-state index contributed by atoms with van der Waals surface area (Å²) in [6.45, 7) is -1.82. The first-order valence-electron chi connectivity index (χ1n) is 5.49. The van der Waals surface area contributed by atoms with Crippen LogP contribution in [0.2, 0.25) is 0 Å². The number of aliphatic hydroxyl groups excluding tert-OH is 1. The zero-order valence-electron chi connectivity index (χ0n) is 10.1. The minimum absolute atomic E-state index is 0.299. The summed E-state index contributed by atoms with van der Waals surface area (Å²) >= 11 is 0. The molecule has 0 aliphatic heterocycles. The minimum atomic E-state index is -2.82. The van der Waals surface area contributed by atoms with Crippen molar-refractivity contribution in [3.63, 3.8) is 0 Å². The Morgan fingerprint density at radius 3 is 2.60 bits per heavy atom. The van der Waals surface area contributed by atoms with Gasteiger partial charge in [-0.1, -0.05) is 0 Å². The van der Waals surface area contributed by atoms with Crippen molar-refractivity contribution in [1.82, 2.24) is 4.90 Å². The molecule has 0 spiro atoms. The average molecular weight is 292 g/mol. The molecule has 1 aromatic rings. The van der Waals surface area contributed by atoms with E-state index in [0.717, 1.165) is 6.07 Å². The van der Waals surface area contributed by atoms with Crippen LogP contribution >= 0.6 is 0 Å². The number of aliphatic hydroxyl groups is 1. The van der Waals surface area contributed by atoms with Crippen LogP contribution in [0.15, 0.2) is 18.2 Å². The Balaban J connectivity index is 3.05. The summed E-state index contributed by atoms with van der Waals surface area (Å²) < 4.78 is 37.7. The monoisotopic (exact) mass is 292 g/mol. The summed E-state index contributed by atoms with van der Waals surface area (Å²) in [6.07, 6.45) is -2.82. The summed E-state index contributed by atoms with van der Waals surface area (Å²) in [5.74, 6) is -2.07. The number of hydrogen-bond acceptors (Lipinski definition) is 4. The second kappa shape index (κ2) is 6.85. The molecule has 6 nitrogen and oxygen atoms in total. The lowest BCUT2D eigenvalue weighted by Crippen LogP contribution is -2.37. The molecule has 0 bridgehead atoms. The Hall–Kier alpha value is -2.16. The van der Waals surface area contributed by atoms with E-state index in [9.17, 15) is 28.1 Å². The second-order valence-electron chi connectivity index (χ2n) is 3.79. The lowest BCUT2D eigenvalue weighted by Gasteiger charge is -2.21. The Bertz CT molecular complexity index is 510. The zero-order chi connectivity index (χ0) is 15.3. The number of halogens is 3. The highest BCUT2D eigenvalue weighted by molar-refractivity contribution is 5.94. The molecule has 0 fully saturated rings. The molecule has 9 heteroatoms. The number of nitrogens with zero attached hydrogens (tertiary/aromatic N) is 2. The fourth-order valence-electron chi connectivity index (χ4n) is 1.53. The van der Waals surface area contributed by atoms with Crippen LogP contribution in [0.25, 0.3) is 0 Å². The van der Waals surface area contributed by atoms with E-state index < -0.39 is 41.9 Å². The lowest BCUT2D eigenvalue weighted by atomic mass is 10.1. The van der Waals surface area contributed by atoms with Gasteiger partial charge in [0.25, 0.3) is 12.3 Å². The summed E-state index contributed by atoms with van der Waals surface area (Å²) in [5.41, 5.74) is -1.22. The van der Waals surface area contributed by atoms with Gasteiger partial charge in [0.15, 0.2) is 0 Å². The van der Waals surface area contributed by atoms with Crippen LogP contribution in [0.4, 0.5) is 18.9 Å². The van der Waals surface area contributed by atoms with Crippen molar-refractivity contribution in [3.8, 4) is 0 Å². The molecule has 1 rings (SSSR count). The van der Waals surface area contributed by atoms with E-state index in [1.165, 1.54) is 0 Å². The van der Waals surface area contributed by atoms with E-state index in [1.54, 1.807) is 0 Å². The zero-order valence-corrected chi connectivity index (χ0v) is 10.1. The fourth-order valence-corrected chi connectivity index (χ4v) is 1.53. The highest BCUT2D eigenvalue weighted by Gasteiger charge is 2.23. The van der Waals surface area contributed by atoms with Crippen LogP contribution in [-0.2, 0) is 0 Å². The van der Waals surface area contributed by atoms with E-state index >= 15 is 0 Å². The normalized spacial score (nSPS) is 10.7. The molecule has 0 unspecified atom stereocenters. The number of nitro benzene ring substituents is 1. The molecular formula is C11H11F3N2O4. The lowest BCUT2D eigenvalue weighted by molar-refractivity contribution is -0.387. The highest BCUT2D eigenvalue weighted by atomic mass is 19.3. The van der Waals surface area contributed by atoms with Gasteiger partial charge in [0, 0.05) is 18.2 Å². The van der Waals surface area contributed by atoms with E-state index in [1.807, 2.05) is 0 Å². The van der Waals surface area contributed by atoms with Crippen molar-refractivity contribution < 1.29 is 28.0 Å². The first-order valence-corrected chi connectivity index (χ1v) is 5.49. The van der Waals surface area contributed by atoms with Crippen molar-refractivity contribution in [3.05, 3.63) is 39.7 Å². The standard InChI is InChI=1S/C11H11F3N2O4/c12-8-2-1-7(5-9(8)16(19)20)11(18)15(3-4-17)6-10(13)14/h1-2,5,10,17H,3-4,6H2. The van der Waals surface area contributed by atoms with Crippen molar-refractivity contribution in [2.45, 2.75) is 6.43 Å². The van der Waals surface area contributed by atoms with Gasteiger partial charge in [-0.25, -0.2) is 8.78 Å². The second-order valence-corrected chi connectivity index (χ2v) is 3.79. The molecule has 0 aromatic heterocycles. The number of alkyl halides is 2. The summed E-state index contributed by atoms with van der Waals surface area (Å²) in [4.78, 5) is 22.1. The molecule has 0 heterocycles. The molecule has 1 N–H and O–H groups in total. The van der Waals surface area contributed by atoms with E-state index in [4.69, 9.17) is 5.11 Å². The number of benzene rings is 1. The van der Waals surface area contributed by atoms with E-state index in [2.05, 4.69) is 0 Å². The Morgan fingerprint density at radius 1 is 1.45 bits per heavy atom. The van der Waals surface area contributed by atoms with Crippen LogP contribution in [0.3, 0.4) is 0 Å². The van der Waals surface area contributed by atoms with Crippen molar-refractivity contribution in [2.24, 2.45) is 0 Å². The van der Waals surface area contributed by atoms with Gasteiger partial charge < -0.3 is 10.0 Å². The van der Waals surface area contributed by atoms with Crippen LogP contribution in [0.5, 0.6) is 0 Å². The number of rotatable bonds is 6. The average Bonchev–Trinajstić information content (AvgIpc) is 2.37. The van der Waals surface area contributed by atoms with Gasteiger partial charge in [-0.3, -0.25) is 14.9 Å². The number of nitro groups is 1. The smallest absolute Gasteiger partial charge is 0.305 e. The van der Waals surface area contributed by atoms with Crippen LogP contribution in [0, 0.1) is 15.9 Å². The molecule has 0 saturated heterocycles. The van der Waals surface area contributed by atoms with Crippen molar-refractivity contribution in [1.29, 1.82) is 0 Å². The van der Waals surface area contributed by atoms with Gasteiger partial charge in [-0.05, 0) is 12.1 Å². The van der Waals surface area contributed by atoms with E-state index in [-0.39, 0.29) is 12.1 Å². The van der Waals surface area contributed by atoms with Gasteiger partial charge in [0.1, 0.15) is 0 Å². The Kier molecular flexibility index (Phi) is 5.44. The summed E-state index contributed by atoms with van der Waals surface area (Å²) in [7, 11) is 0. The van der Waals surface area contributed by atoms with Crippen molar-refractivity contribution in [2.75, 3.05) is 19.7 Å². The SMILES string of the molecule is O=C(c1ccc(F)c([N+](=O)[O-])c1)N(CCO)CC(F)F. The topological polar surface area (TPSA) is 83.7 Å². The molecule has 110 valence electrons. The molecule has 0 radical (unpaired) electrons. The molecule has 20 heavy (non-hydrogen) atoms. The quantitative estimate of drug-likeness (QED) is 0.635. The minimum Gasteiger partial charge on any atom is -0.395 e. The first-order chi connectivity index (χ1) is 9.36. The molecule has 0 aliphatic rings. The number of carbonyl (C=O) groups is 1. The third-order valence-electron chi connectivity index (χ3n) is 2.41. The Morgan fingerprint density at radius 2 is 2.10 bits per heavy atom. The summed E-state index contributed by atoms with van der Waals surface area (Å²) in [5, 5.41) is 19.3. The molecule has 1 amide bonds. The van der Waals surface area contributed by atoms with Crippen LogP contribution in [-0.4, -0.2) is 47.0 Å². The molecule has 0 saturated carbocycles. The Labute approximate surface area is 111 Å². The number of hydrogen-bond donors (Lipinski definition) is 1. The van der Waals surface area contributed by atoms with Gasteiger partial charge in [0.05, 0.1) is 18.1 Å². The van der Waals surface area contributed by atoms with Crippen LogP contribution in [0.1, 0.15) is 10.4 Å². The van der Waals surface area contributed by atoms with Crippen LogP contribution < -0.4 is 0 Å². The van der Waals surface area contributed by atoms with E-state index in [0.29, 0.717) is 17.0 Å². The van der Waals surface area contributed by atoms with Gasteiger partial charge >= 0.3 is 5.69 Å². The number of amides is 1. The highest BCUT2D eigenvalue weighted by Crippen LogP contribution is 2.19. The molecular weight excluding hydrogens is 281 g/mol. The molecule has 0 atom stereocenters. The van der Waals surface area contributed by atoms with Crippen molar-refractivity contribution >= 4 is 11.6 Å². The van der Waals surface area contributed by atoms with Gasteiger partial charge in [-0.15, -0.1) is 0 Å². The number of carbonyl (C=O) groups excluding carboxylic acids is 1. The third-order valence-corrected chi connectivity index (χ3v) is 2.41. The van der Waals surface area contributed by atoms with Gasteiger partial charge in [-0.2, -0.15) is 4.39 Å². The molecule has 0 aliphatic carbocycles. The summed E-state index contributed by atoms with van der Waals surface area (Å²) in [6, 6.07) is 2.35. The maximum Gasteiger partial charge on any atom is 0.305 e. The van der Waals surface area contributed by atoms with Gasteiger partial charge in [0.2, 0.25) is 5.82 Å². The fraction of sp³-hybridized carbons (Fsp3) is 0.364. The first kappa shape index (κ1) is 15.9. The maximum absolute atomic E-state index is 13.1. The predicted octanol–water partition coefficient (Wildman–Crippen LogP) is 1.43. The largest absolute Gasteiger partial charge is 0.395 e. The maximum atomic E-state index is 13.1. The third kappa shape index (κ3) is 3.92.